The number of ether oxygens (including phenoxy) is 2. The first-order valence-electron chi connectivity index (χ1n) is 9.33. The number of carbonyl (C=O) groups excluding carboxylic acids is 1. The number of benzene rings is 2. The van der Waals surface area contributed by atoms with Crippen LogP contribution in [0, 0.1) is 0 Å². The summed E-state index contributed by atoms with van der Waals surface area (Å²) in [5, 5.41) is 0.943. The highest BCUT2D eigenvalue weighted by Crippen LogP contribution is 2.30. The van der Waals surface area contributed by atoms with Gasteiger partial charge in [-0.3, -0.25) is 9.59 Å². The van der Waals surface area contributed by atoms with Crippen molar-refractivity contribution in [1.29, 1.82) is 0 Å². The van der Waals surface area contributed by atoms with E-state index in [0.29, 0.717) is 39.8 Å². The summed E-state index contributed by atoms with van der Waals surface area (Å²) in [7, 11) is 3.02. The number of halogens is 1. The fourth-order valence-electron chi connectivity index (χ4n) is 2.99. The number of hydrogen-bond acceptors (Lipinski definition) is 5. The number of amides is 1. The lowest BCUT2D eigenvalue weighted by atomic mass is 10.2. The Morgan fingerprint density at radius 2 is 1.90 bits per heavy atom. The zero-order chi connectivity index (χ0) is 21.7. The summed E-state index contributed by atoms with van der Waals surface area (Å²) >= 11 is 6.13. The number of rotatable bonds is 7. The highest BCUT2D eigenvalue weighted by molar-refractivity contribution is 6.32. The molecule has 3 rings (SSSR count). The molecule has 0 aliphatic carbocycles. The van der Waals surface area contributed by atoms with Crippen molar-refractivity contribution >= 4 is 34.5 Å². The van der Waals surface area contributed by atoms with Crippen molar-refractivity contribution in [2.45, 2.75) is 13.5 Å². The quantitative estimate of drug-likeness (QED) is 0.582. The van der Waals surface area contributed by atoms with Gasteiger partial charge < -0.3 is 19.4 Å². The molecular weight excluding hydrogens is 406 g/mol. The van der Waals surface area contributed by atoms with Gasteiger partial charge in [-0.25, -0.2) is 4.98 Å². The second-order valence-electron chi connectivity index (χ2n) is 6.44. The van der Waals surface area contributed by atoms with Crippen molar-refractivity contribution in [3.63, 3.8) is 0 Å². The number of nitrogens with zero attached hydrogens (tertiary/aromatic N) is 2. The van der Waals surface area contributed by atoms with Gasteiger partial charge in [0.1, 0.15) is 5.82 Å². The predicted octanol–water partition coefficient (Wildman–Crippen LogP) is 3.66. The zero-order valence-electron chi connectivity index (χ0n) is 16.9. The van der Waals surface area contributed by atoms with E-state index in [-0.39, 0.29) is 18.0 Å². The van der Waals surface area contributed by atoms with E-state index in [2.05, 4.69) is 9.97 Å². The molecule has 7 nitrogen and oxygen atoms in total. The number of aromatic nitrogens is 2. The normalized spacial score (nSPS) is 11.1. The second kappa shape index (κ2) is 9.45. The van der Waals surface area contributed by atoms with E-state index in [1.165, 1.54) is 20.3 Å². The Labute approximate surface area is 178 Å². The Balaban J connectivity index is 1.86. The van der Waals surface area contributed by atoms with Gasteiger partial charge in [-0.2, -0.15) is 0 Å². The van der Waals surface area contributed by atoms with Gasteiger partial charge in [0, 0.05) is 23.7 Å². The van der Waals surface area contributed by atoms with Gasteiger partial charge in [0.2, 0.25) is 5.91 Å². The predicted molar refractivity (Wildman–Crippen MR) is 117 cm³/mol. The topological polar surface area (TPSA) is 84.5 Å². The molecule has 0 saturated carbocycles. The Bertz CT molecular complexity index is 1160. The largest absolute Gasteiger partial charge is 0.493 e. The zero-order valence-corrected chi connectivity index (χ0v) is 17.7. The van der Waals surface area contributed by atoms with Crippen LogP contribution in [0.2, 0.25) is 5.02 Å². The number of carbonyl (C=O) groups is 1. The van der Waals surface area contributed by atoms with E-state index >= 15 is 0 Å². The van der Waals surface area contributed by atoms with Crippen LogP contribution in [0.25, 0.3) is 17.0 Å². The molecule has 0 saturated heterocycles. The molecule has 3 aromatic rings. The SMILES string of the molecule is CCN(Cc1nc2cc(OC)c(OC)cc2c(=O)[nH]1)C(=O)/C=C/c1ccccc1Cl. The minimum atomic E-state index is -0.314. The van der Waals surface area contributed by atoms with Crippen LogP contribution in [0.15, 0.2) is 47.3 Å². The Kier molecular flexibility index (Phi) is 6.74. The first-order chi connectivity index (χ1) is 14.5. The molecule has 1 aromatic heterocycles. The van der Waals surface area contributed by atoms with Gasteiger partial charge in [0.25, 0.3) is 5.56 Å². The molecular formula is C22H22ClN3O4. The van der Waals surface area contributed by atoms with Gasteiger partial charge in [0.05, 0.1) is 31.7 Å². The lowest BCUT2D eigenvalue weighted by Crippen LogP contribution is -2.30. The van der Waals surface area contributed by atoms with E-state index in [1.54, 1.807) is 29.2 Å². The Morgan fingerprint density at radius 1 is 1.20 bits per heavy atom. The number of methoxy groups -OCH3 is 2. The van der Waals surface area contributed by atoms with E-state index in [1.807, 2.05) is 25.1 Å². The smallest absolute Gasteiger partial charge is 0.258 e. The molecule has 1 amide bonds. The maximum atomic E-state index is 12.6. The molecule has 0 aliphatic rings. The molecule has 30 heavy (non-hydrogen) atoms. The summed E-state index contributed by atoms with van der Waals surface area (Å²) in [5.74, 6) is 1.08. The van der Waals surface area contributed by atoms with Gasteiger partial charge >= 0.3 is 0 Å². The van der Waals surface area contributed by atoms with Gasteiger partial charge in [0.15, 0.2) is 11.5 Å². The van der Waals surface area contributed by atoms with E-state index in [9.17, 15) is 9.59 Å². The second-order valence-corrected chi connectivity index (χ2v) is 6.85. The third-order valence-electron chi connectivity index (χ3n) is 4.60. The van der Waals surface area contributed by atoms with Crippen molar-refractivity contribution < 1.29 is 14.3 Å². The molecule has 0 aliphatic heterocycles. The van der Waals surface area contributed by atoms with Crippen LogP contribution >= 0.6 is 11.6 Å². The first-order valence-corrected chi connectivity index (χ1v) is 9.71. The molecule has 1 heterocycles. The highest BCUT2D eigenvalue weighted by Gasteiger charge is 2.14. The van der Waals surface area contributed by atoms with Crippen molar-refractivity contribution in [2.24, 2.45) is 0 Å². The molecule has 2 aromatic carbocycles. The molecule has 8 heteroatoms. The Hall–Kier alpha value is -3.32. The summed E-state index contributed by atoms with van der Waals surface area (Å²) in [5.41, 5.74) is 0.898. The number of fused-ring (bicyclic) bond motifs is 1. The minimum Gasteiger partial charge on any atom is -0.493 e. The monoisotopic (exact) mass is 427 g/mol. The molecule has 156 valence electrons. The number of likely N-dealkylation sites (N-methyl/N-ethyl adjacent to an activating group) is 1. The number of aromatic amines is 1. The van der Waals surface area contributed by atoms with Crippen LogP contribution in [0.4, 0.5) is 0 Å². The summed E-state index contributed by atoms with van der Waals surface area (Å²) in [4.78, 5) is 34.0. The van der Waals surface area contributed by atoms with Crippen molar-refractivity contribution in [3.05, 3.63) is 69.2 Å². The molecule has 0 atom stereocenters. The molecule has 0 radical (unpaired) electrons. The summed E-state index contributed by atoms with van der Waals surface area (Å²) in [6, 6.07) is 10.5. The molecule has 0 fully saturated rings. The lowest BCUT2D eigenvalue weighted by Gasteiger charge is -2.18. The molecule has 0 unspecified atom stereocenters. The third kappa shape index (κ3) is 4.63. The van der Waals surface area contributed by atoms with Crippen LogP contribution in [-0.4, -0.2) is 41.5 Å². The van der Waals surface area contributed by atoms with Crippen molar-refractivity contribution in [1.82, 2.24) is 14.9 Å². The summed E-state index contributed by atoms with van der Waals surface area (Å²) in [6.45, 7) is 2.45. The number of H-pyrrole nitrogens is 1. The number of nitrogens with one attached hydrogen (secondary N) is 1. The van der Waals surface area contributed by atoms with Gasteiger partial charge in [-0.05, 0) is 30.7 Å². The Morgan fingerprint density at radius 3 is 2.57 bits per heavy atom. The summed E-state index contributed by atoms with van der Waals surface area (Å²) < 4.78 is 10.5. The minimum absolute atomic E-state index is 0.154. The van der Waals surface area contributed by atoms with Crippen LogP contribution < -0.4 is 15.0 Å². The van der Waals surface area contributed by atoms with E-state index < -0.39 is 0 Å². The van der Waals surface area contributed by atoms with Crippen molar-refractivity contribution in [2.75, 3.05) is 20.8 Å². The lowest BCUT2D eigenvalue weighted by molar-refractivity contribution is -0.126. The average Bonchev–Trinajstić information content (AvgIpc) is 2.75. The maximum Gasteiger partial charge on any atom is 0.258 e. The summed E-state index contributed by atoms with van der Waals surface area (Å²) in [6.07, 6.45) is 3.12. The maximum absolute atomic E-state index is 12.6. The first kappa shape index (κ1) is 21.4. The van der Waals surface area contributed by atoms with Crippen LogP contribution in [0.3, 0.4) is 0 Å². The average molecular weight is 428 g/mol. The van der Waals surface area contributed by atoms with E-state index in [4.69, 9.17) is 21.1 Å². The molecule has 1 N–H and O–H groups in total. The fraction of sp³-hybridized carbons (Fsp3) is 0.227. The molecule has 0 bridgehead atoms. The van der Waals surface area contributed by atoms with Crippen molar-refractivity contribution in [3.8, 4) is 11.5 Å². The molecule has 0 spiro atoms. The van der Waals surface area contributed by atoms with Gasteiger partial charge in [-0.15, -0.1) is 0 Å². The third-order valence-corrected chi connectivity index (χ3v) is 4.95. The fourth-order valence-corrected chi connectivity index (χ4v) is 3.19. The van der Waals surface area contributed by atoms with Crippen LogP contribution in [-0.2, 0) is 11.3 Å². The van der Waals surface area contributed by atoms with E-state index in [0.717, 1.165) is 5.56 Å². The van der Waals surface area contributed by atoms with Crippen LogP contribution in [0.5, 0.6) is 11.5 Å². The highest BCUT2D eigenvalue weighted by atomic mass is 35.5. The van der Waals surface area contributed by atoms with Gasteiger partial charge in [-0.1, -0.05) is 29.8 Å². The van der Waals surface area contributed by atoms with Crippen LogP contribution in [0.1, 0.15) is 18.3 Å². The standard InChI is InChI=1S/C22H22ClN3O4/c1-4-26(21(27)10-9-14-7-5-6-8-16(14)23)13-20-24-17-12-19(30-3)18(29-2)11-15(17)22(28)25-20/h5-12H,4,13H2,1-3H3,(H,24,25,28)/b10-9+. The number of hydrogen-bond donors (Lipinski definition) is 1.